The number of carbonyl (C=O) groups excluding carboxylic acids is 3. The molecule has 9 nitrogen and oxygen atoms in total. The third-order valence-corrected chi connectivity index (χ3v) is 6.46. The molecule has 2 aliphatic rings. The molecule has 1 atom stereocenters. The summed E-state index contributed by atoms with van der Waals surface area (Å²) >= 11 is 0. The summed E-state index contributed by atoms with van der Waals surface area (Å²) in [6, 6.07) is 4.47. The van der Waals surface area contributed by atoms with E-state index in [1.807, 2.05) is 4.90 Å². The van der Waals surface area contributed by atoms with Crippen LogP contribution in [0.2, 0.25) is 0 Å². The van der Waals surface area contributed by atoms with E-state index in [4.69, 9.17) is 0 Å². The molecule has 2 heterocycles. The molecule has 10 heteroatoms. The van der Waals surface area contributed by atoms with Crippen LogP contribution in [0.3, 0.4) is 0 Å². The number of rotatable bonds is 8. The van der Waals surface area contributed by atoms with Crippen molar-refractivity contribution in [1.82, 2.24) is 20.6 Å². The van der Waals surface area contributed by atoms with E-state index in [0.717, 1.165) is 12.8 Å². The number of piperidine rings is 1. The van der Waals surface area contributed by atoms with Gasteiger partial charge in [-0.05, 0) is 50.7 Å². The van der Waals surface area contributed by atoms with Crippen LogP contribution < -0.4 is 15.5 Å². The van der Waals surface area contributed by atoms with Crippen LogP contribution in [0.25, 0.3) is 0 Å². The number of halogens is 1. The van der Waals surface area contributed by atoms with Gasteiger partial charge < -0.3 is 20.6 Å². The minimum atomic E-state index is -1.28. The highest BCUT2D eigenvalue weighted by Gasteiger charge is 2.51. The van der Waals surface area contributed by atoms with Crippen LogP contribution in [-0.2, 0) is 4.79 Å². The van der Waals surface area contributed by atoms with Crippen molar-refractivity contribution >= 4 is 23.3 Å². The number of amides is 2. The molecule has 2 fully saturated rings. The van der Waals surface area contributed by atoms with Gasteiger partial charge in [0.25, 0.3) is 5.91 Å². The highest BCUT2D eigenvalue weighted by atomic mass is 19.1. The zero-order valence-electron chi connectivity index (χ0n) is 19.0. The van der Waals surface area contributed by atoms with E-state index in [2.05, 4.69) is 20.6 Å². The van der Waals surface area contributed by atoms with Crippen molar-refractivity contribution in [1.29, 1.82) is 0 Å². The Morgan fingerprint density at radius 1 is 1.24 bits per heavy atom. The van der Waals surface area contributed by atoms with E-state index < -0.39 is 29.2 Å². The normalized spacial score (nSPS) is 18.1. The fourth-order valence-corrected chi connectivity index (χ4v) is 4.24. The van der Waals surface area contributed by atoms with E-state index in [9.17, 15) is 23.9 Å². The number of benzene rings is 1. The smallest absolute Gasteiger partial charge is 0.272 e. The zero-order chi connectivity index (χ0) is 24.3. The molecule has 1 aliphatic carbocycles. The second kappa shape index (κ2) is 9.84. The molecule has 2 aromatic rings. The van der Waals surface area contributed by atoms with Crippen LogP contribution in [0.1, 0.15) is 53.5 Å². The van der Waals surface area contributed by atoms with Gasteiger partial charge in [-0.15, -0.1) is 0 Å². The number of aromatic nitrogens is 2. The number of aliphatic hydroxyl groups is 1. The molecular weight excluding hydrogens is 441 g/mol. The molecule has 0 radical (unpaired) electrons. The first kappa shape index (κ1) is 23.7. The van der Waals surface area contributed by atoms with Crippen molar-refractivity contribution in [3.63, 3.8) is 0 Å². The fourth-order valence-electron chi connectivity index (χ4n) is 4.24. The Kier molecular flexibility index (Phi) is 6.87. The maximum Gasteiger partial charge on any atom is 0.272 e. The lowest BCUT2D eigenvalue weighted by molar-refractivity contribution is -0.124. The van der Waals surface area contributed by atoms with Gasteiger partial charge >= 0.3 is 0 Å². The van der Waals surface area contributed by atoms with Crippen LogP contribution in [0.5, 0.6) is 0 Å². The lowest BCUT2D eigenvalue weighted by Crippen LogP contribution is -2.50. The fraction of sp³-hybridized carbons (Fsp3) is 0.458. The Hall–Kier alpha value is -3.40. The largest absolute Gasteiger partial charge is 0.385 e. The Bertz CT molecular complexity index is 1070. The lowest BCUT2D eigenvalue weighted by atomic mass is 9.94. The number of Topliss-reactive ketones (excluding diaryl/α,β-unsaturated/α-hetero) is 1. The zero-order valence-corrected chi connectivity index (χ0v) is 19.0. The van der Waals surface area contributed by atoms with Gasteiger partial charge in [0.15, 0.2) is 5.78 Å². The van der Waals surface area contributed by atoms with Crippen molar-refractivity contribution in [2.24, 2.45) is 5.92 Å². The SMILES string of the molecule is CC(O)C(=O)c1c(F)cccc1N1CCC(CNC(=O)C2(NC(=O)c3cnccn3)CC2)CC1. The summed E-state index contributed by atoms with van der Waals surface area (Å²) in [7, 11) is 0. The summed E-state index contributed by atoms with van der Waals surface area (Å²) in [6.07, 6.45) is 5.61. The predicted octanol–water partition coefficient (Wildman–Crippen LogP) is 1.47. The second-order valence-electron chi connectivity index (χ2n) is 8.94. The number of carbonyl (C=O) groups is 3. The highest BCUT2D eigenvalue weighted by Crippen LogP contribution is 2.36. The quantitative estimate of drug-likeness (QED) is 0.500. The summed E-state index contributed by atoms with van der Waals surface area (Å²) < 4.78 is 14.4. The first-order valence-corrected chi connectivity index (χ1v) is 11.4. The molecular formula is C24H28FN5O4. The van der Waals surface area contributed by atoms with Gasteiger partial charge in [0.1, 0.15) is 23.2 Å². The van der Waals surface area contributed by atoms with Crippen molar-refractivity contribution < 1.29 is 23.9 Å². The molecule has 1 aromatic heterocycles. The summed E-state index contributed by atoms with van der Waals surface area (Å²) in [5.74, 6) is -1.69. The first-order valence-electron chi connectivity index (χ1n) is 11.4. The van der Waals surface area contributed by atoms with Crippen LogP contribution in [0.15, 0.2) is 36.8 Å². The van der Waals surface area contributed by atoms with Gasteiger partial charge in [-0.3, -0.25) is 19.4 Å². The molecule has 180 valence electrons. The number of nitrogens with one attached hydrogen (secondary N) is 2. The predicted molar refractivity (Wildman–Crippen MR) is 122 cm³/mol. The van der Waals surface area contributed by atoms with Crippen LogP contribution >= 0.6 is 0 Å². The van der Waals surface area contributed by atoms with E-state index in [0.29, 0.717) is 38.2 Å². The molecule has 4 rings (SSSR count). The number of ketones is 1. The lowest BCUT2D eigenvalue weighted by Gasteiger charge is -2.35. The Balaban J connectivity index is 1.30. The van der Waals surface area contributed by atoms with Gasteiger partial charge in [-0.1, -0.05) is 6.07 Å². The first-order chi connectivity index (χ1) is 16.3. The molecule has 1 unspecified atom stereocenters. The van der Waals surface area contributed by atoms with Crippen molar-refractivity contribution in [3.8, 4) is 0 Å². The third kappa shape index (κ3) is 5.06. The molecule has 0 bridgehead atoms. The number of anilines is 1. The Morgan fingerprint density at radius 3 is 2.59 bits per heavy atom. The third-order valence-electron chi connectivity index (χ3n) is 6.46. The molecule has 1 aliphatic heterocycles. The number of aliphatic hydroxyl groups excluding tert-OH is 1. The minimum Gasteiger partial charge on any atom is -0.385 e. The molecule has 34 heavy (non-hydrogen) atoms. The standard InChI is InChI=1S/C24H28FN5O4/c1-15(31)21(32)20-17(25)3-2-4-19(20)30-11-5-16(6-12-30)13-28-23(34)24(7-8-24)29-22(33)18-14-26-9-10-27-18/h2-4,9-10,14-16,31H,5-8,11-13H2,1H3,(H,28,34)(H,29,33). The van der Waals surface area contributed by atoms with Gasteiger partial charge in [-0.25, -0.2) is 9.37 Å². The van der Waals surface area contributed by atoms with Gasteiger partial charge in [0.05, 0.1) is 17.4 Å². The number of nitrogens with zero attached hydrogens (tertiary/aromatic N) is 3. The van der Waals surface area contributed by atoms with Gasteiger partial charge in [0, 0.05) is 32.0 Å². The van der Waals surface area contributed by atoms with E-state index >= 15 is 0 Å². The molecule has 0 spiro atoms. The average molecular weight is 470 g/mol. The average Bonchev–Trinajstić information content (AvgIpc) is 3.63. The van der Waals surface area contributed by atoms with E-state index in [1.54, 1.807) is 12.1 Å². The number of hydrogen-bond acceptors (Lipinski definition) is 7. The number of hydrogen-bond donors (Lipinski definition) is 3. The van der Waals surface area contributed by atoms with Gasteiger partial charge in [-0.2, -0.15) is 0 Å². The monoisotopic (exact) mass is 469 g/mol. The van der Waals surface area contributed by atoms with Crippen molar-refractivity contribution in [3.05, 3.63) is 53.9 Å². The van der Waals surface area contributed by atoms with Gasteiger partial charge in [0.2, 0.25) is 5.91 Å². The van der Waals surface area contributed by atoms with Crippen LogP contribution in [0.4, 0.5) is 10.1 Å². The summed E-state index contributed by atoms with van der Waals surface area (Å²) in [5.41, 5.74) is -0.330. The molecule has 1 saturated heterocycles. The maximum atomic E-state index is 14.4. The van der Waals surface area contributed by atoms with Crippen LogP contribution in [-0.4, -0.2) is 63.9 Å². The van der Waals surface area contributed by atoms with Crippen LogP contribution in [0, 0.1) is 11.7 Å². The second-order valence-corrected chi connectivity index (χ2v) is 8.94. The van der Waals surface area contributed by atoms with Crippen molar-refractivity contribution in [2.45, 2.75) is 44.2 Å². The Labute approximate surface area is 196 Å². The molecule has 1 saturated carbocycles. The van der Waals surface area contributed by atoms with Crippen molar-refractivity contribution in [2.75, 3.05) is 24.5 Å². The van der Waals surface area contributed by atoms with E-state index in [1.165, 1.54) is 31.6 Å². The molecule has 3 N–H and O–H groups in total. The maximum absolute atomic E-state index is 14.4. The minimum absolute atomic E-state index is 0.0845. The van der Waals surface area contributed by atoms with E-state index in [-0.39, 0.29) is 23.1 Å². The molecule has 2 amide bonds. The topological polar surface area (TPSA) is 125 Å². The Morgan fingerprint density at radius 2 is 1.97 bits per heavy atom. The summed E-state index contributed by atoms with van der Waals surface area (Å²) in [4.78, 5) is 47.2. The summed E-state index contributed by atoms with van der Waals surface area (Å²) in [6.45, 7) is 2.99. The highest BCUT2D eigenvalue weighted by molar-refractivity contribution is 6.04. The summed E-state index contributed by atoms with van der Waals surface area (Å²) in [5, 5.41) is 15.4. The molecule has 1 aromatic carbocycles.